The van der Waals surface area contributed by atoms with Crippen molar-refractivity contribution in [2.45, 2.75) is 30.8 Å². The summed E-state index contributed by atoms with van der Waals surface area (Å²) in [5.41, 5.74) is 6.26. The van der Waals surface area contributed by atoms with Gasteiger partial charge in [0.25, 0.3) is 0 Å². The van der Waals surface area contributed by atoms with Gasteiger partial charge in [0.05, 0.1) is 23.8 Å². The number of nitrogens with zero attached hydrogens (tertiary/aromatic N) is 5. The van der Waals surface area contributed by atoms with Crippen molar-refractivity contribution in [2.75, 3.05) is 48.0 Å². The number of nitrogen functional groups attached to an aromatic ring is 1. The number of aromatic nitrogens is 3. The van der Waals surface area contributed by atoms with Gasteiger partial charge in [-0.15, -0.1) is 10.2 Å². The van der Waals surface area contributed by atoms with Crippen LogP contribution in [0, 0.1) is 5.82 Å². The second kappa shape index (κ2) is 12.0. The van der Waals surface area contributed by atoms with Crippen molar-refractivity contribution in [3.63, 3.8) is 0 Å². The zero-order chi connectivity index (χ0) is 30.1. The maximum atomic E-state index is 15.7. The molecule has 1 aliphatic heterocycles. The number of Topliss-reactive ketones (excluding diaryl/α,β-unsaturated/α-hetero) is 1. The number of ketones is 1. The van der Waals surface area contributed by atoms with Gasteiger partial charge in [0, 0.05) is 49.7 Å². The summed E-state index contributed by atoms with van der Waals surface area (Å²) in [6.45, 7) is 5.54. The number of fused-ring (bicyclic) bond motifs is 1. The van der Waals surface area contributed by atoms with E-state index in [9.17, 15) is 19.5 Å². The Bertz CT molecular complexity index is 1720. The number of carboxylic acid groups (broad SMARTS) is 1. The zero-order valence-electron chi connectivity index (χ0n) is 23.2. The number of ether oxygens (including phenoxy) is 1. The predicted octanol–water partition coefficient (Wildman–Crippen LogP) is 3.99. The molecule has 0 saturated carbocycles. The number of halogens is 1. The average molecular weight is 613 g/mol. The lowest BCUT2D eigenvalue weighted by Gasteiger charge is -2.41. The second-order valence-corrected chi connectivity index (χ2v) is 12.0. The van der Waals surface area contributed by atoms with Crippen molar-refractivity contribution in [3.8, 4) is 5.75 Å². The quantitative estimate of drug-likeness (QED) is 0.161. The topological polar surface area (TPSA) is 144 Å². The molecule has 14 heteroatoms. The van der Waals surface area contributed by atoms with Crippen molar-refractivity contribution in [2.24, 2.45) is 0 Å². The first kappa shape index (κ1) is 29.3. The highest BCUT2D eigenvalue weighted by Gasteiger charge is 2.31. The maximum Gasteiger partial charge on any atom is 0.341 e. The molecule has 0 radical (unpaired) electrons. The highest BCUT2D eigenvalue weighted by Crippen LogP contribution is 2.40. The van der Waals surface area contributed by atoms with E-state index >= 15 is 4.39 Å². The summed E-state index contributed by atoms with van der Waals surface area (Å²) in [7, 11) is 1.41. The molecule has 4 aromatic rings. The summed E-state index contributed by atoms with van der Waals surface area (Å²) in [6.07, 6.45) is 1.27. The van der Waals surface area contributed by atoms with E-state index in [1.807, 2.05) is 11.8 Å². The van der Waals surface area contributed by atoms with Crippen LogP contribution < -0.4 is 25.7 Å². The summed E-state index contributed by atoms with van der Waals surface area (Å²) in [5, 5.41) is 18.7. The molecule has 0 spiro atoms. The Morgan fingerprint density at radius 3 is 2.62 bits per heavy atom. The molecule has 2 aromatic heterocycles. The molecule has 42 heavy (non-hydrogen) atoms. The molecule has 11 nitrogen and oxygen atoms in total. The predicted molar refractivity (Wildman–Crippen MR) is 162 cm³/mol. The van der Waals surface area contributed by atoms with Crippen LogP contribution in [0.3, 0.4) is 0 Å². The number of anilines is 3. The van der Waals surface area contributed by atoms with Crippen LogP contribution in [0.15, 0.2) is 45.7 Å². The summed E-state index contributed by atoms with van der Waals surface area (Å²) in [4.78, 5) is 41.0. The van der Waals surface area contributed by atoms with Crippen molar-refractivity contribution in [1.29, 1.82) is 0 Å². The number of pyridine rings is 1. The Morgan fingerprint density at radius 1 is 1.24 bits per heavy atom. The first-order valence-electron chi connectivity index (χ1n) is 13.2. The van der Waals surface area contributed by atoms with Gasteiger partial charge in [-0.2, -0.15) is 0 Å². The molecule has 0 amide bonds. The van der Waals surface area contributed by atoms with Gasteiger partial charge in [0.1, 0.15) is 11.3 Å². The molecule has 1 saturated heterocycles. The van der Waals surface area contributed by atoms with Crippen LogP contribution in [-0.2, 0) is 6.54 Å². The van der Waals surface area contributed by atoms with Gasteiger partial charge in [0.2, 0.25) is 10.6 Å². The number of thioether (sulfide) groups is 1. The van der Waals surface area contributed by atoms with Crippen molar-refractivity contribution >= 4 is 62.3 Å². The Hall–Kier alpha value is -4.17. The number of rotatable bonds is 9. The van der Waals surface area contributed by atoms with E-state index < -0.39 is 22.8 Å². The van der Waals surface area contributed by atoms with Crippen LogP contribution in [0.5, 0.6) is 5.75 Å². The lowest BCUT2D eigenvalue weighted by molar-refractivity contribution is 0.0694. The minimum absolute atomic E-state index is 0.0298. The van der Waals surface area contributed by atoms with E-state index in [0.717, 1.165) is 6.07 Å². The molecule has 1 unspecified atom stereocenters. The zero-order valence-corrected chi connectivity index (χ0v) is 24.8. The van der Waals surface area contributed by atoms with Gasteiger partial charge in [-0.3, -0.25) is 9.59 Å². The molecule has 1 fully saturated rings. The molecule has 3 N–H and O–H groups in total. The largest absolute Gasteiger partial charge is 0.492 e. The fourth-order valence-corrected chi connectivity index (χ4v) is 6.94. The maximum absolute atomic E-state index is 15.7. The van der Waals surface area contributed by atoms with E-state index in [0.29, 0.717) is 52.4 Å². The Balaban J connectivity index is 1.35. The molecule has 0 bridgehead atoms. The van der Waals surface area contributed by atoms with Crippen LogP contribution >= 0.6 is 23.1 Å². The number of nitrogens with two attached hydrogens (primary N) is 1. The van der Waals surface area contributed by atoms with Crippen molar-refractivity contribution in [3.05, 3.63) is 63.7 Å². The normalized spacial score (nSPS) is 15.3. The number of hydrogen-bond acceptors (Lipinski definition) is 11. The number of benzene rings is 2. The summed E-state index contributed by atoms with van der Waals surface area (Å²) in [5.74, 6) is -1.66. The highest BCUT2D eigenvalue weighted by atomic mass is 32.2. The molecular weight excluding hydrogens is 583 g/mol. The lowest BCUT2D eigenvalue weighted by atomic mass is 10.1. The van der Waals surface area contributed by atoms with Gasteiger partial charge < -0.3 is 29.9 Å². The number of piperazine rings is 1. The van der Waals surface area contributed by atoms with Crippen molar-refractivity contribution in [1.82, 2.24) is 14.8 Å². The van der Waals surface area contributed by atoms with Gasteiger partial charge >= 0.3 is 5.97 Å². The third kappa shape index (κ3) is 5.51. The van der Waals surface area contributed by atoms with E-state index in [1.54, 1.807) is 35.8 Å². The first-order chi connectivity index (χ1) is 20.1. The third-order valence-corrected chi connectivity index (χ3v) is 9.26. The second-order valence-electron chi connectivity index (χ2n) is 9.77. The number of aryl methyl sites for hydroxylation is 1. The molecule has 220 valence electrons. The molecule has 0 aliphatic carbocycles. The Labute approximate surface area is 248 Å². The summed E-state index contributed by atoms with van der Waals surface area (Å²) >= 11 is 2.72. The number of carbonyl (C=O) groups is 2. The minimum atomic E-state index is -1.37. The van der Waals surface area contributed by atoms with E-state index in [2.05, 4.69) is 15.1 Å². The van der Waals surface area contributed by atoms with Gasteiger partial charge in [-0.25, -0.2) is 9.18 Å². The number of aromatic carboxylic acids is 1. The number of methoxy groups -OCH3 is 1. The highest BCUT2D eigenvalue weighted by molar-refractivity contribution is 8.01. The van der Waals surface area contributed by atoms with Gasteiger partial charge in [0.15, 0.2) is 21.7 Å². The summed E-state index contributed by atoms with van der Waals surface area (Å²) in [6, 6.07) is 7.81. The van der Waals surface area contributed by atoms with Crippen LogP contribution in [0.2, 0.25) is 0 Å². The van der Waals surface area contributed by atoms with Gasteiger partial charge in [-0.05, 0) is 44.2 Å². The number of carbonyl (C=O) groups excluding carboxylic acids is 1. The van der Waals surface area contributed by atoms with Crippen LogP contribution in [0.25, 0.3) is 10.9 Å². The minimum Gasteiger partial charge on any atom is -0.492 e. The Kier molecular flexibility index (Phi) is 8.36. The fraction of sp³-hybridized carbons (Fsp3) is 0.321. The van der Waals surface area contributed by atoms with Crippen molar-refractivity contribution < 1.29 is 23.8 Å². The number of hydrogen-bond donors (Lipinski definition) is 2. The third-order valence-electron chi connectivity index (χ3n) is 7.16. The Morgan fingerprint density at radius 2 is 1.98 bits per heavy atom. The molecular formula is C28H29FN6O5S2. The van der Waals surface area contributed by atoms with Crippen LogP contribution in [-0.4, -0.2) is 70.2 Å². The molecule has 3 heterocycles. The summed E-state index contributed by atoms with van der Waals surface area (Å²) < 4.78 is 23.6. The van der Waals surface area contributed by atoms with E-state index in [-0.39, 0.29) is 34.4 Å². The molecule has 1 aliphatic rings. The SMILES string of the molecule is CCn1cc(C(=O)O)c(=O)c2cc(F)c(N3CCN(c4nnc(SCC(=O)c5ccc(N)cc5)s4)C(C)C3)c(OC)c21. The smallest absolute Gasteiger partial charge is 0.341 e. The number of carboxylic acids is 1. The molecule has 2 aromatic carbocycles. The first-order valence-corrected chi connectivity index (χ1v) is 15.0. The standard InChI is InChI=1S/C28H29FN6O5S2/c1-4-33-13-19(26(38)39)24(37)18-11-20(29)23(25(40-3)22(18)33)34-9-10-35(15(2)12-34)27-31-32-28(42-27)41-14-21(36)16-5-7-17(30)8-6-16/h5-8,11,13,15H,4,9-10,12,14,30H2,1-3H3,(H,38,39). The fourth-order valence-electron chi connectivity index (χ4n) is 5.08. The van der Waals surface area contributed by atoms with E-state index in [1.165, 1.54) is 36.4 Å². The monoisotopic (exact) mass is 612 g/mol. The lowest BCUT2D eigenvalue weighted by Crippen LogP contribution is -2.52. The van der Waals surface area contributed by atoms with Crippen LogP contribution in [0.4, 0.5) is 20.9 Å². The molecule has 1 atom stereocenters. The molecule has 5 rings (SSSR count). The van der Waals surface area contributed by atoms with Gasteiger partial charge in [-0.1, -0.05) is 23.1 Å². The average Bonchev–Trinajstić information content (AvgIpc) is 3.44. The van der Waals surface area contributed by atoms with E-state index in [4.69, 9.17) is 10.5 Å². The van der Waals surface area contributed by atoms with Crippen LogP contribution in [0.1, 0.15) is 34.6 Å².